The maximum Gasteiger partial charge on any atom is 0.193 e. The van der Waals surface area contributed by atoms with Crippen LogP contribution in [-0.4, -0.2) is 66.6 Å². The highest BCUT2D eigenvalue weighted by atomic mass is 19.1. The van der Waals surface area contributed by atoms with Gasteiger partial charge >= 0.3 is 0 Å². The van der Waals surface area contributed by atoms with Crippen molar-refractivity contribution in [2.24, 2.45) is 7.05 Å². The van der Waals surface area contributed by atoms with Gasteiger partial charge in [0.25, 0.3) is 0 Å². The summed E-state index contributed by atoms with van der Waals surface area (Å²) in [7, 11) is 2.03. The van der Waals surface area contributed by atoms with E-state index in [4.69, 9.17) is 24.7 Å². The lowest BCUT2D eigenvalue weighted by Gasteiger charge is -2.11. The molecular weight excluding hydrogens is 1600 g/mol. The summed E-state index contributed by atoms with van der Waals surface area (Å²) in [6.07, 6.45) is 0. The van der Waals surface area contributed by atoms with Crippen LogP contribution in [-0.2, 0) is 7.05 Å². The lowest BCUT2D eigenvalue weighted by molar-refractivity contribution is 0.103. The molecule has 0 saturated carbocycles. The van der Waals surface area contributed by atoms with Crippen LogP contribution in [0.25, 0.3) is 72.6 Å². The van der Waals surface area contributed by atoms with E-state index in [0.29, 0.717) is 56.4 Å². The highest BCUT2D eigenvalue weighted by Crippen LogP contribution is 2.32. The van der Waals surface area contributed by atoms with Crippen LogP contribution in [0.5, 0.6) is 34.5 Å². The van der Waals surface area contributed by atoms with Crippen molar-refractivity contribution in [1.29, 1.82) is 0 Å². The number of H-pyrrole nitrogens is 2. The maximum atomic E-state index is 13.4. The Morgan fingerprint density at radius 2 is 0.641 bits per heavy atom. The number of imidazole rings is 4. The zero-order chi connectivity index (χ0) is 89.8. The average molecular weight is 1690 g/mol. The van der Waals surface area contributed by atoms with Crippen LogP contribution >= 0.6 is 0 Å². The van der Waals surface area contributed by atoms with Gasteiger partial charge in [0.15, 0.2) is 17.3 Å². The van der Waals surface area contributed by atoms with Gasteiger partial charge in [0.05, 0.1) is 44.1 Å². The third-order valence-corrected chi connectivity index (χ3v) is 20.2. The number of ketones is 3. The molecule has 0 aliphatic heterocycles. The predicted molar refractivity (Wildman–Crippen MR) is 510 cm³/mol. The van der Waals surface area contributed by atoms with E-state index in [-0.39, 0.29) is 28.8 Å². The van der Waals surface area contributed by atoms with Crippen molar-refractivity contribution in [3.05, 3.63) is 485 Å². The highest BCUT2D eigenvalue weighted by Gasteiger charge is 2.18. The number of hydrogen-bond donors (Lipinski definition) is 4. The number of rotatable bonds is 13. The SMILES string of the molecule is Cc1ccc(C(=O)c2ccc(Oc3ccc(Oc4ccc(C(=O)c5ccc(-n6c(-c7ccccc7)nc7ccccc76)cc5)cc4)cc3)cc2)cc1.Cc1ccc(C)cc1.Cc1cccc(C)c1.Cc1nc2ccccc2[nH]1.Cc1nc2ccccc2n1C.O=C(c1ccc(F)cc1)c1ccc(F)cc1.Oc1ccc(O)cc1.c1ccc(-c2nc3ccccc3[nH]2)cc1. The maximum absolute atomic E-state index is 13.4. The molecule has 0 radical (unpaired) electrons. The highest BCUT2D eigenvalue weighted by molar-refractivity contribution is 6.10. The van der Waals surface area contributed by atoms with Gasteiger partial charge in [0, 0.05) is 57.2 Å². The Labute approximate surface area is 742 Å². The molecule has 0 bridgehead atoms. The molecule has 0 aliphatic rings. The van der Waals surface area contributed by atoms with Gasteiger partial charge < -0.3 is 34.2 Å². The Hall–Kier alpha value is -16.5. The number of hydrogen-bond acceptors (Lipinski definition) is 11. The fourth-order valence-corrected chi connectivity index (χ4v) is 13.4. The van der Waals surface area contributed by atoms with Gasteiger partial charge in [-0.1, -0.05) is 210 Å². The molecular formula is C111H94F2N8O7. The van der Waals surface area contributed by atoms with Gasteiger partial charge in [-0.15, -0.1) is 0 Å². The van der Waals surface area contributed by atoms with Gasteiger partial charge in [-0.05, 0) is 267 Å². The Morgan fingerprint density at radius 1 is 0.305 bits per heavy atom. The fraction of sp³-hybridized carbons (Fsp3) is 0.0721. The third kappa shape index (κ3) is 24.9. The second kappa shape index (κ2) is 43.5. The van der Waals surface area contributed by atoms with Crippen molar-refractivity contribution in [2.45, 2.75) is 48.5 Å². The number of phenolic OH excluding ortho intramolecular Hbond substituents is 2. The Balaban J connectivity index is 0.000000147. The first kappa shape index (κ1) is 89.2. The predicted octanol–water partition coefficient (Wildman–Crippen LogP) is 26.9. The van der Waals surface area contributed by atoms with Crippen molar-refractivity contribution in [3.63, 3.8) is 0 Å². The number of carbonyl (C=O) groups excluding carboxylic acids is 3. The molecule has 4 heterocycles. The molecule has 4 aromatic heterocycles. The average Bonchev–Trinajstić information content (AvgIpc) is 1.61. The zero-order valence-corrected chi connectivity index (χ0v) is 72.0. The van der Waals surface area contributed by atoms with E-state index in [2.05, 4.69) is 135 Å². The lowest BCUT2D eigenvalue weighted by Crippen LogP contribution is -2.03. The van der Waals surface area contributed by atoms with Gasteiger partial charge in [-0.3, -0.25) is 19.0 Å². The second-order valence-corrected chi connectivity index (χ2v) is 30.1. The van der Waals surface area contributed by atoms with Crippen molar-refractivity contribution in [1.82, 2.24) is 39.0 Å². The number of carbonyl (C=O) groups is 3. The first-order valence-corrected chi connectivity index (χ1v) is 41.5. The standard InChI is InChI=1S/C46H32N2O4.C13H8F2O.C13H10N2.C9H10N2.C8H8N2.2C8H10.C6H6O2/c1-31-11-13-32(14-12-31)44(49)34-17-23-38(24-18-34)51-40-27-29-41(30-28-40)52-39-25-19-35(20-26-39)45(50)33-15-21-37(22-16-33)48-43-10-6-5-9-42(43)47-46(48)36-7-3-2-4-8-36;14-11-5-1-9(2-6-11)13(16)10-3-7-12(15)8-4-10;1-2-6-10(7-3-1)13-14-11-8-4-5-9-12(11)15-13;1-7-10-8-5-3-4-6-9(8)11(7)2;1-6-9-7-4-2-3-5-8(7)10-6;1-7-3-5-8(2)6-4-7;1-7-4-3-5-8(2)6-7;7-5-1-2-6(8)4-3-5/h2-30H,1H3;1-8H;1-9H,(H,14,15);3-6H,1-2H3;2-5H,1H3,(H,9,10);2*3-6H,1-2H3;1-4,7-8H. The number of nitrogens with one attached hydrogen (secondary N) is 2. The van der Waals surface area contributed by atoms with Gasteiger partial charge in [-0.25, -0.2) is 28.7 Å². The van der Waals surface area contributed by atoms with E-state index in [9.17, 15) is 23.2 Å². The zero-order valence-electron chi connectivity index (χ0n) is 72.0. The Bertz CT molecular complexity index is 6790. The molecule has 0 aliphatic carbocycles. The molecule has 20 aromatic rings. The van der Waals surface area contributed by atoms with E-state index in [1.54, 1.807) is 48.5 Å². The largest absolute Gasteiger partial charge is 0.508 e. The summed E-state index contributed by atoms with van der Waals surface area (Å²) in [5.74, 6) is 5.49. The molecule has 15 nitrogen and oxygen atoms in total. The van der Waals surface area contributed by atoms with Crippen LogP contribution in [0, 0.1) is 60.1 Å². The number of para-hydroxylation sites is 8. The molecule has 17 heteroatoms. The van der Waals surface area contributed by atoms with E-state index >= 15 is 0 Å². The van der Waals surface area contributed by atoms with Crippen molar-refractivity contribution in [2.75, 3.05) is 0 Å². The lowest BCUT2D eigenvalue weighted by atomic mass is 10.0. The number of aryl methyl sites for hydroxylation is 8. The summed E-state index contributed by atoms with van der Waals surface area (Å²) < 4.78 is 41.5. The quantitative estimate of drug-likeness (QED) is 0.0632. The number of fused-ring (bicyclic) bond motifs is 4. The summed E-state index contributed by atoms with van der Waals surface area (Å²) in [6, 6.07) is 122. The van der Waals surface area contributed by atoms with E-state index in [1.165, 1.54) is 101 Å². The number of aromatic amines is 2. The summed E-state index contributed by atoms with van der Waals surface area (Å²) in [5, 5.41) is 17.3. The summed E-state index contributed by atoms with van der Waals surface area (Å²) in [6.45, 7) is 14.4. The van der Waals surface area contributed by atoms with Crippen LogP contribution in [0.2, 0.25) is 0 Å². The normalized spacial score (nSPS) is 10.4. The number of benzene rings is 16. The number of phenols is 2. The molecule has 0 unspecified atom stereocenters. The molecule has 0 fully saturated rings. The molecule has 16 aromatic carbocycles. The minimum Gasteiger partial charge on any atom is -0.508 e. The summed E-state index contributed by atoms with van der Waals surface area (Å²) >= 11 is 0. The minimum atomic E-state index is -0.393. The molecule has 634 valence electrons. The van der Waals surface area contributed by atoms with Crippen LogP contribution in [0.4, 0.5) is 8.78 Å². The number of nitrogens with zero attached hydrogens (tertiary/aromatic N) is 6. The van der Waals surface area contributed by atoms with Crippen LogP contribution in [0.15, 0.2) is 400 Å². The molecule has 4 N–H and O–H groups in total. The smallest absolute Gasteiger partial charge is 0.193 e. The van der Waals surface area contributed by atoms with Gasteiger partial charge in [0.2, 0.25) is 0 Å². The molecule has 0 atom stereocenters. The Morgan fingerprint density at radius 3 is 1.05 bits per heavy atom. The fourth-order valence-electron chi connectivity index (χ4n) is 13.4. The molecule has 128 heavy (non-hydrogen) atoms. The first-order valence-electron chi connectivity index (χ1n) is 41.5. The molecule has 0 amide bonds. The van der Waals surface area contributed by atoms with Crippen molar-refractivity contribution in [3.8, 4) is 63.0 Å². The topological polar surface area (TPSA) is 203 Å². The van der Waals surface area contributed by atoms with Crippen molar-refractivity contribution >= 4 is 61.5 Å². The van der Waals surface area contributed by atoms with E-state index in [1.807, 2.05) is 234 Å². The number of halogens is 2. The minimum absolute atomic E-state index is 0.0302. The molecule has 20 rings (SSSR count). The summed E-state index contributed by atoms with van der Waals surface area (Å²) in [5.41, 5.74) is 21.1. The number of ether oxygens (including phenoxy) is 2. The second-order valence-electron chi connectivity index (χ2n) is 30.1. The van der Waals surface area contributed by atoms with Crippen LogP contribution in [0.1, 0.15) is 87.2 Å². The number of aromatic nitrogens is 8. The number of aromatic hydroxyl groups is 2. The van der Waals surface area contributed by atoms with E-state index < -0.39 is 11.6 Å². The van der Waals surface area contributed by atoms with Gasteiger partial charge in [-0.2, -0.15) is 0 Å². The van der Waals surface area contributed by atoms with Crippen LogP contribution < -0.4 is 9.47 Å². The monoisotopic (exact) mass is 1690 g/mol. The van der Waals surface area contributed by atoms with Gasteiger partial charge in [0.1, 0.15) is 69.4 Å². The summed E-state index contributed by atoms with van der Waals surface area (Å²) in [4.78, 5) is 62.6. The molecule has 0 spiro atoms. The Kier molecular flexibility index (Phi) is 30.3. The molecule has 0 saturated heterocycles. The van der Waals surface area contributed by atoms with Crippen molar-refractivity contribution < 1.29 is 42.9 Å². The van der Waals surface area contributed by atoms with Crippen LogP contribution in [0.3, 0.4) is 0 Å². The third-order valence-electron chi connectivity index (χ3n) is 20.2. The van der Waals surface area contributed by atoms with E-state index in [0.717, 1.165) is 84.3 Å². The first-order chi connectivity index (χ1) is 62.1.